The highest BCUT2D eigenvalue weighted by Crippen LogP contribution is 2.18. The lowest BCUT2D eigenvalue weighted by Crippen LogP contribution is -2.34. The van der Waals surface area contributed by atoms with Crippen LogP contribution in [-0.2, 0) is 11.3 Å². The molecule has 1 heterocycles. The highest BCUT2D eigenvalue weighted by molar-refractivity contribution is 6.34. The number of amides is 1. The molecule has 2 aromatic rings. The van der Waals surface area contributed by atoms with E-state index < -0.39 is 0 Å². The Morgan fingerprint density at radius 2 is 1.92 bits per heavy atom. The first-order valence-corrected chi connectivity index (χ1v) is 8.56. The third kappa shape index (κ3) is 4.57. The number of ether oxygens (including phenoxy) is 1. The van der Waals surface area contributed by atoms with Crippen LogP contribution in [0.15, 0.2) is 48.5 Å². The molecule has 4 nitrogen and oxygen atoms in total. The van der Waals surface area contributed by atoms with Crippen LogP contribution in [0.2, 0.25) is 5.02 Å². The van der Waals surface area contributed by atoms with Gasteiger partial charge in [0.15, 0.2) is 0 Å². The smallest absolute Gasteiger partial charge is 0.257 e. The van der Waals surface area contributed by atoms with Gasteiger partial charge in [-0.2, -0.15) is 0 Å². The minimum Gasteiger partial charge on any atom is -0.381 e. The van der Waals surface area contributed by atoms with Gasteiger partial charge in [-0.3, -0.25) is 4.79 Å². The molecule has 0 aliphatic carbocycles. The van der Waals surface area contributed by atoms with E-state index in [9.17, 15) is 4.79 Å². The first-order chi connectivity index (χ1) is 11.7. The Balaban J connectivity index is 1.60. The lowest BCUT2D eigenvalue weighted by molar-refractivity contribution is 0.0776. The first kappa shape index (κ1) is 17.0. The molecule has 1 aliphatic heterocycles. The summed E-state index contributed by atoms with van der Waals surface area (Å²) in [5, 5.41) is 6.90. The van der Waals surface area contributed by atoms with Gasteiger partial charge in [0.2, 0.25) is 0 Å². The lowest BCUT2D eigenvalue weighted by atomic mass is 10.1. The summed E-state index contributed by atoms with van der Waals surface area (Å²) in [4.78, 5) is 12.3. The van der Waals surface area contributed by atoms with Crippen molar-refractivity contribution in [1.29, 1.82) is 0 Å². The fraction of sp³-hybridized carbons (Fsp3) is 0.316. The van der Waals surface area contributed by atoms with Crippen molar-refractivity contribution < 1.29 is 9.53 Å². The molecule has 0 aromatic heterocycles. The highest BCUT2D eigenvalue weighted by atomic mass is 35.5. The Kier molecular flexibility index (Phi) is 5.86. The molecule has 0 atom stereocenters. The minimum atomic E-state index is -0.199. The molecule has 2 N–H and O–H groups in total. The maximum atomic E-state index is 12.3. The summed E-state index contributed by atoms with van der Waals surface area (Å²) in [6, 6.07) is 15.4. The van der Waals surface area contributed by atoms with E-state index in [1.807, 2.05) is 24.3 Å². The van der Waals surface area contributed by atoms with Crippen molar-refractivity contribution >= 4 is 23.2 Å². The first-order valence-electron chi connectivity index (χ1n) is 8.18. The molecule has 1 fully saturated rings. The van der Waals surface area contributed by atoms with Gasteiger partial charge in [-0.15, -0.1) is 0 Å². The van der Waals surface area contributed by atoms with Gasteiger partial charge in [-0.05, 0) is 42.7 Å². The number of halogens is 1. The van der Waals surface area contributed by atoms with Gasteiger partial charge in [-0.25, -0.2) is 0 Å². The Morgan fingerprint density at radius 3 is 2.71 bits per heavy atom. The monoisotopic (exact) mass is 344 g/mol. The number of nitrogens with one attached hydrogen (secondary N) is 2. The summed E-state index contributed by atoms with van der Waals surface area (Å²) in [6.45, 7) is 2.43. The van der Waals surface area contributed by atoms with Crippen molar-refractivity contribution in [2.45, 2.75) is 25.4 Å². The quantitative estimate of drug-likeness (QED) is 0.866. The van der Waals surface area contributed by atoms with E-state index in [0.717, 1.165) is 43.9 Å². The molecule has 0 bridgehead atoms. The Hall–Kier alpha value is -1.88. The van der Waals surface area contributed by atoms with Crippen LogP contribution in [-0.4, -0.2) is 25.2 Å². The van der Waals surface area contributed by atoms with Gasteiger partial charge in [0.25, 0.3) is 5.91 Å². The molecule has 1 saturated heterocycles. The predicted molar refractivity (Wildman–Crippen MR) is 96.5 cm³/mol. The van der Waals surface area contributed by atoms with Crippen LogP contribution in [0, 0.1) is 0 Å². The zero-order valence-corrected chi connectivity index (χ0v) is 14.2. The number of benzene rings is 2. The molecule has 24 heavy (non-hydrogen) atoms. The van der Waals surface area contributed by atoms with Crippen molar-refractivity contribution in [3.8, 4) is 0 Å². The molecule has 1 amide bonds. The SMILES string of the molecule is O=C(Nc1cccc(CNC2CCOCC2)c1)c1ccccc1Cl. The minimum absolute atomic E-state index is 0.199. The third-order valence-electron chi connectivity index (χ3n) is 4.12. The van der Waals surface area contributed by atoms with Crippen molar-refractivity contribution in [1.82, 2.24) is 5.32 Å². The van der Waals surface area contributed by atoms with E-state index in [0.29, 0.717) is 16.6 Å². The normalized spacial score (nSPS) is 15.2. The van der Waals surface area contributed by atoms with Crippen molar-refractivity contribution in [3.63, 3.8) is 0 Å². The second-order valence-corrected chi connectivity index (χ2v) is 6.31. The average molecular weight is 345 g/mol. The van der Waals surface area contributed by atoms with Crippen LogP contribution in [0.3, 0.4) is 0 Å². The predicted octanol–water partition coefficient (Wildman–Crippen LogP) is 3.86. The van der Waals surface area contributed by atoms with E-state index in [4.69, 9.17) is 16.3 Å². The van der Waals surface area contributed by atoms with E-state index in [1.54, 1.807) is 18.2 Å². The highest BCUT2D eigenvalue weighted by Gasteiger charge is 2.13. The number of anilines is 1. The van der Waals surface area contributed by atoms with E-state index in [-0.39, 0.29) is 5.91 Å². The second kappa shape index (κ2) is 8.29. The van der Waals surface area contributed by atoms with Gasteiger partial charge >= 0.3 is 0 Å². The van der Waals surface area contributed by atoms with Crippen LogP contribution >= 0.6 is 11.6 Å². The van der Waals surface area contributed by atoms with Gasteiger partial charge in [0.1, 0.15) is 0 Å². The Bertz CT molecular complexity index is 699. The van der Waals surface area contributed by atoms with Crippen LogP contribution < -0.4 is 10.6 Å². The van der Waals surface area contributed by atoms with Crippen LogP contribution in [0.4, 0.5) is 5.69 Å². The van der Waals surface area contributed by atoms with Crippen molar-refractivity contribution in [2.24, 2.45) is 0 Å². The number of carbonyl (C=O) groups excluding carboxylic acids is 1. The average Bonchev–Trinajstić information content (AvgIpc) is 2.61. The van der Waals surface area contributed by atoms with Gasteiger partial charge in [0, 0.05) is 31.5 Å². The van der Waals surface area contributed by atoms with Crippen LogP contribution in [0.5, 0.6) is 0 Å². The summed E-state index contributed by atoms with van der Waals surface area (Å²) in [7, 11) is 0. The molecular formula is C19H21ClN2O2. The summed E-state index contributed by atoms with van der Waals surface area (Å²) in [5.41, 5.74) is 2.38. The zero-order valence-electron chi connectivity index (χ0n) is 13.4. The molecule has 0 saturated carbocycles. The summed E-state index contributed by atoms with van der Waals surface area (Å²) >= 11 is 6.07. The third-order valence-corrected chi connectivity index (χ3v) is 4.45. The standard InChI is InChI=1S/C19H21ClN2O2/c20-18-7-2-1-6-17(18)19(23)22-16-5-3-4-14(12-16)13-21-15-8-10-24-11-9-15/h1-7,12,15,21H,8-11,13H2,(H,22,23). The molecule has 0 unspecified atom stereocenters. The molecule has 2 aromatic carbocycles. The topological polar surface area (TPSA) is 50.4 Å². The zero-order chi connectivity index (χ0) is 16.8. The summed E-state index contributed by atoms with van der Waals surface area (Å²) in [5.74, 6) is -0.199. The molecular weight excluding hydrogens is 324 g/mol. The molecule has 3 rings (SSSR count). The summed E-state index contributed by atoms with van der Waals surface area (Å²) in [6.07, 6.45) is 2.09. The van der Waals surface area contributed by atoms with E-state index in [2.05, 4.69) is 16.7 Å². The molecule has 5 heteroatoms. The lowest BCUT2D eigenvalue weighted by Gasteiger charge is -2.23. The number of hydrogen-bond acceptors (Lipinski definition) is 3. The van der Waals surface area contributed by atoms with Gasteiger partial charge < -0.3 is 15.4 Å². The van der Waals surface area contributed by atoms with Gasteiger partial charge in [-0.1, -0.05) is 35.9 Å². The van der Waals surface area contributed by atoms with E-state index in [1.165, 1.54) is 0 Å². The number of hydrogen-bond donors (Lipinski definition) is 2. The maximum absolute atomic E-state index is 12.3. The van der Waals surface area contributed by atoms with E-state index >= 15 is 0 Å². The second-order valence-electron chi connectivity index (χ2n) is 5.90. The van der Waals surface area contributed by atoms with Gasteiger partial charge in [0.05, 0.1) is 10.6 Å². The van der Waals surface area contributed by atoms with Crippen molar-refractivity contribution in [2.75, 3.05) is 18.5 Å². The fourth-order valence-corrected chi connectivity index (χ4v) is 2.99. The Labute approximate surface area is 147 Å². The van der Waals surface area contributed by atoms with Crippen molar-refractivity contribution in [3.05, 3.63) is 64.7 Å². The summed E-state index contributed by atoms with van der Waals surface area (Å²) < 4.78 is 5.37. The largest absolute Gasteiger partial charge is 0.381 e. The molecule has 1 aliphatic rings. The molecule has 0 spiro atoms. The number of carbonyl (C=O) groups is 1. The number of rotatable bonds is 5. The molecule has 0 radical (unpaired) electrons. The Morgan fingerprint density at radius 1 is 1.12 bits per heavy atom. The van der Waals surface area contributed by atoms with Crippen LogP contribution in [0.1, 0.15) is 28.8 Å². The van der Waals surface area contributed by atoms with Crippen LogP contribution in [0.25, 0.3) is 0 Å². The maximum Gasteiger partial charge on any atom is 0.257 e. The fourth-order valence-electron chi connectivity index (χ4n) is 2.77. The molecule has 126 valence electrons.